The second kappa shape index (κ2) is 5.03. The number of aromatic nitrogens is 2. The van der Waals surface area contributed by atoms with Gasteiger partial charge in [-0.1, -0.05) is 27.7 Å². The molecule has 0 atom stereocenters. The molecule has 0 saturated heterocycles. The monoisotopic (exact) mass is 236 g/mol. The van der Waals surface area contributed by atoms with Crippen LogP contribution in [-0.2, 0) is 6.42 Å². The number of fused-ring (bicyclic) bond motifs is 1. The zero-order valence-corrected chi connectivity index (χ0v) is 12.1. The molecular weight excluding hydrogens is 212 g/mol. The number of hydrogen-bond donors (Lipinski definition) is 0. The lowest BCUT2D eigenvalue weighted by molar-refractivity contribution is 0.137. The van der Waals surface area contributed by atoms with E-state index in [9.17, 15) is 0 Å². The summed E-state index contributed by atoms with van der Waals surface area (Å²) in [5.41, 5.74) is 1.91. The van der Waals surface area contributed by atoms with Crippen molar-refractivity contribution in [2.45, 2.75) is 66.4 Å². The van der Waals surface area contributed by atoms with Gasteiger partial charge in [0.15, 0.2) is 5.75 Å². The second-order valence-electron chi connectivity index (χ2n) is 5.14. The van der Waals surface area contributed by atoms with Gasteiger partial charge in [-0.25, -0.2) is 9.97 Å². The van der Waals surface area contributed by atoms with Gasteiger partial charge in [-0.05, 0) is 20.8 Å². The van der Waals surface area contributed by atoms with Gasteiger partial charge < -0.3 is 4.74 Å². The van der Waals surface area contributed by atoms with Crippen LogP contribution in [0.15, 0.2) is 0 Å². The molecule has 1 aromatic rings. The molecule has 0 amide bonds. The molecular formula is C14H24N2O. The van der Waals surface area contributed by atoms with E-state index in [4.69, 9.17) is 4.74 Å². The Morgan fingerprint density at radius 2 is 1.76 bits per heavy atom. The molecule has 2 heterocycles. The summed E-state index contributed by atoms with van der Waals surface area (Å²) in [5, 5.41) is 0. The fourth-order valence-electron chi connectivity index (χ4n) is 1.87. The summed E-state index contributed by atoms with van der Waals surface area (Å²) in [5.74, 6) is 2.19. The van der Waals surface area contributed by atoms with Gasteiger partial charge in [-0.15, -0.1) is 0 Å². The lowest BCUT2D eigenvalue weighted by Crippen LogP contribution is -2.24. The summed E-state index contributed by atoms with van der Waals surface area (Å²) < 4.78 is 5.83. The van der Waals surface area contributed by atoms with Crippen molar-refractivity contribution in [3.05, 3.63) is 17.2 Å². The van der Waals surface area contributed by atoms with Crippen molar-refractivity contribution < 1.29 is 4.74 Å². The molecule has 0 radical (unpaired) electrons. The van der Waals surface area contributed by atoms with Gasteiger partial charge in [0.25, 0.3) is 0 Å². The van der Waals surface area contributed by atoms with Crippen LogP contribution < -0.4 is 4.74 Å². The maximum Gasteiger partial charge on any atom is 0.162 e. The van der Waals surface area contributed by atoms with Gasteiger partial charge in [0.2, 0.25) is 0 Å². The maximum absolute atomic E-state index is 5.83. The molecule has 96 valence electrons. The van der Waals surface area contributed by atoms with E-state index in [2.05, 4.69) is 37.7 Å². The first kappa shape index (κ1) is 13.9. The van der Waals surface area contributed by atoms with Gasteiger partial charge in [-0.2, -0.15) is 0 Å². The molecule has 0 unspecified atom stereocenters. The van der Waals surface area contributed by atoms with E-state index in [0.29, 0.717) is 5.92 Å². The van der Waals surface area contributed by atoms with Crippen LogP contribution in [0.3, 0.4) is 0 Å². The minimum atomic E-state index is -0.128. The first-order chi connectivity index (χ1) is 7.89. The molecule has 1 aromatic heterocycles. The summed E-state index contributed by atoms with van der Waals surface area (Å²) >= 11 is 0. The Labute approximate surface area is 105 Å². The molecule has 0 bridgehead atoms. The quantitative estimate of drug-likeness (QED) is 0.746. The fourth-order valence-corrected chi connectivity index (χ4v) is 1.87. The maximum atomic E-state index is 5.83. The van der Waals surface area contributed by atoms with Crippen LogP contribution in [0.25, 0.3) is 0 Å². The SMILES string of the molecule is CC.Cc1nc(C(C)C)nc2c1OC(C)(C)C2. The summed E-state index contributed by atoms with van der Waals surface area (Å²) in [6.07, 6.45) is 0.880. The van der Waals surface area contributed by atoms with Crippen molar-refractivity contribution in [2.24, 2.45) is 0 Å². The first-order valence-corrected chi connectivity index (χ1v) is 6.45. The minimum Gasteiger partial charge on any atom is -0.484 e. The zero-order chi connectivity index (χ0) is 13.2. The van der Waals surface area contributed by atoms with E-state index in [0.717, 1.165) is 29.4 Å². The largest absolute Gasteiger partial charge is 0.484 e. The third-order valence-corrected chi connectivity index (χ3v) is 2.61. The van der Waals surface area contributed by atoms with Crippen molar-refractivity contribution >= 4 is 0 Å². The summed E-state index contributed by atoms with van der Waals surface area (Å²) in [6.45, 7) is 14.4. The highest BCUT2D eigenvalue weighted by Gasteiger charge is 2.33. The Bertz CT molecular complexity index is 397. The van der Waals surface area contributed by atoms with E-state index in [1.54, 1.807) is 0 Å². The van der Waals surface area contributed by atoms with E-state index in [-0.39, 0.29) is 5.60 Å². The lowest BCUT2D eigenvalue weighted by atomic mass is 10.1. The number of aryl methyl sites for hydroxylation is 1. The molecule has 0 N–H and O–H groups in total. The van der Waals surface area contributed by atoms with Crippen LogP contribution in [0, 0.1) is 6.92 Å². The van der Waals surface area contributed by atoms with E-state index < -0.39 is 0 Å². The van der Waals surface area contributed by atoms with E-state index in [1.807, 2.05) is 20.8 Å². The van der Waals surface area contributed by atoms with Crippen molar-refractivity contribution in [1.29, 1.82) is 0 Å². The Balaban J connectivity index is 0.000000686. The smallest absolute Gasteiger partial charge is 0.162 e. The van der Waals surface area contributed by atoms with Crippen molar-refractivity contribution in [1.82, 2.24) is 9.97 Å². The fraction of sp³-hybridized carbons (Fsp3) is 0.714. The third-order valence-electron chi connectivity index (χ3n) is 2.61. The normalized spacial score (nSPS) is 16.0. The zero-order valence-electron chi connectivity index (χ0n) is 12.1. The predicted molar refractivity (Wildman–Crippen MR) is 70.6 cm³/mol. The Kier molecular flexibility index (Phi) is 4.12. The standard InChI is InChI=1S/C12H18N2O.C2H6/c1-7(2)11-13-8(3)10-9(14-11)6-12(4,5)15-10;1-2/h7H,6H2,1-5H3;1-2H3. The molecule has 0 spiro atoms. The molecule has 2 rings (SSSR count). The Hall–Kier alpha value is -1.12. The average Bonchev–Trinajstić information content (AvgIpc) is 2.56. The van der Waals surface area contributed by atoms with Crippen LogP contribution in [0.1, 0.15) is 64.7 Å². The van der Waals surface area contributed by atoms with Gasteiger partial charge in [0, 0.05) is 12.3 Å². The minimum absolute atomic E-state index is 0.128. The summed E-state index contributed by atoms with van der Waals surface area (Å²) in [7, 11) is 0. The molecule has 1 aliphatic heterocycles. The number of rotatable bonds is 1. The Morgan fingerprint density at radius 3 is 2.29 bits per heavy atom. The van der Waals surface area contributed by atoms with Crippen molar-refractivity contribution in [2.75, 3.05) is 0 Å². The molecule has 17 heavy (non-hydrogen) atoms. The summed E-state index contributed by atoms with van der Waals surface area (Å²) in [6, 6.07) is 0. The first-order valence-electron chi connectivity index (χ1n) is 6.45. The van der Waals surface area contributed by atoms with Crippen LogP contribution in [0.5, 0.6) is 5.75 Å². The van der Waals surface area contributed by atoms with Crippen molar-refractivity contribution in [3.63, 3.8) is 0 Å². The molecule has 0 aromatic carbocycles. The van der Waals surface area contributed by atoms with E-state index >= 15 is 0 Å². The Morgan fingerprint density at radius 1 is 1.18 bits per heavy atom. The van der Waals surface area contributed by atoms with E-state index in [1.165, 1.54) is 0 Å². The molecule has 1 aliphatic rings. The highest BCUT2D eigenvalue weighted by Crippen LogP contribution is 2.35. The second-order valence-corrected chi connectivity index (χ2v) is 5.14. The van der Waals surface area contributed by atoms with Crippen molar-refractivity contribution in [3.8, 4) is 5.75 Å². The average molecular weight is 236 g/mol. The molecule has 3 nitrogen and oxygen atoms in total. The number of nitrogens with zero attached hydrogens (tertiary/aromatic N) is 2. The van der Waals surface area contributed by atoms with Gasteiger partial charge in [-0.3, -0.25) is 0 Å². The van der Waals surface area contributed by atoms with Crippen LogP contribution >= 0.6 is 0 Å². The molecule has 0 saturated carbocycles. The highest BCUT2D eigenvalue weighted by molar-refractivity contribution is 5.38. The van der Waals surface area contributed by atoms with Crippen LogP contribution in [0.2, 0.25) is 0 Å². The molecule has 0 fully saturated rings. The predicted octanol–water partition coefficient (Wildman–Crippen LogP) is 3.65. The molecule has 3 heteroatoms. The molecule has 0 aliphatic carbocycles. The topological polar surface area (TPSA) is 35.0 Å². The van der Waals surface area contributed by atoms with Gasteiger partial charge in [0.1, 0.15) is 11.4 Å². The number of ether oxygens (including phenoxy) is 1. The van der Waals surface area contributed by atoms with Crippen LogP contribution in [-0.4, -0.2) is 15.6 Å². The van der Waals surface area contributed by atoms with Gasteiger partial charge in [0.05, 0.1) is 11.4 Å². The summed E-state index contributed by atoms with van der Waals surface area (Å²) in [4.78, 5) is 9.05. The lowest BCUT2D eigenvalue weighted by Gasteiger charge is -2.16. The highest BCUT2D eigenvalue weighted by atomic mass is 16.5. The van der Waals surface area contributed by atoms with Gasteiger partial charge >= 0.3 is 0 Å². The third kappa shape index (κ3) is 2.96. The number of hydrogen-bond acceptors (Lipinski definition) is 3. The van der Waals surface area contributed by atoms with Crippen LogP contribution in [0.4, 0.5) is 0 Å².